The zero-order chi connectivity index (χ0) is 52.4. The monoisotopic (exact) mass is 1030 g/mol. The third kappa shape index (κ3) is 10.0. The number of piperazine rings is 1. The van der Waals surface area contributed by atoms with E-state index in [1.54, 1.807) is 86.0 Å². The van der Waals surface area contributed by atoms with Crippen LogP contribution in [-0.4, -0.2) is 127 Å². The molecule has 396 valence electrons. The maximum absolute atomic E-state index is 18.1. The van der Waals surface area contributed by atoms with Gasteiger partial charge in [0.2, 0.25) is 5.88 Å². The molecule has 5 aromatic rings. The molecule has 1 amide bonds. The van der Waals surface area contributed by atoms with Crippen LogP contribution >= 0.6 is 0 Å². The number of benzene rings is 3. The number of pyridine rings is 1. The van der Waals surface area contributed by atoms with Gasteiger partial charge in [-0.1, -0.05) is 24.3 Å². The Hall–Kier alpha value is -6.28. The van der Waals surface area contributed by atoms with E-state index < -0.39 is 88.4 Å². The van der Waals surface area contributed by atoms with E-state index in [1.165, 1.54) is 14.2 Å². The molecule has 10 rings (SSSR count). The van der Waals surface area contributed by atoms with Crippen LogP contribution in [-0.2, 0) is 28.7 Å². The summed E-state index contributed by atoms with van der Waals surface area (Å²) < 4.78 is 131. The number of methoxy groups -OCH3 is 2. The molecule has 4 fully saturated rings. The number of nitrogens with zero attached hydrogens (tertiary/aromatic N) is 7. The van der Waals surface area contributed by atoms with E-state index >= 15 is 22.0 Å². The number of ether oxygens (including phenoxy) is 6. The number of hydrogen-bond acceptors (Lipinski definition) is 13. The summed E-state index contributed by atoms with van der Waals surface area (Å²) >= 11 is 0. The maximum atomic E-state index is 18.1. The first-order valence-corrected chi connectivity index (χ1v) is 25.1. The highest BCUT2D eigenvalue weighted by molar-refractivity contribution is 5.98. The first-order valence-electron chi connectivity index (χ1n) is 25.1. The number of carbonyl (C=O) groups is 1. The molecule has 2 bridgehead atoms. The summed E-state index contributed by atoms with van der Waals surface area (Å²) in [6.07, 6.45) is -4.23. The second kappa shape index (κ2) is 19.8. The van der Waals surface area contributed by atoms with Crippen molar-refractivity contribution in [1.82, 2.24) is 24.8 Å². The summed E-state index contributed by atoms with van der Waals surface area (Å²) in [6, 6.07) is 13.3. The van der Waals surface area contributed by atoms with Crippen LogP contribution < -0.4 is 28.7 Å². The van der Waals surface area contributed by atoms with Gasteiger partial charge in [-0.2, -0.15) is 23.1 Å². The Balaban J connectivity index is 1.12. The highest BCUT2D eigenvalue weighted by atomic mass is 19.4. The van der Waals surface area contributed by atoms with E-state index in [0.717, 1.165) is 25.8 Å². The van der Waals surface area contributed by atoms with Crippen molar-refractivity contribution in [2.24, 2.45) is 5.41 Å². The second-order valence-corrected chi connectivity index (χ2v) is 21.3. The van der Waals surface area contributed by atoms with Crippen LogP contribution in [0.2, 0.25) is 0 Å². The molecule has 20 heteroatoms. The molecule has 0 N–H and O–H groups in total. The molecule has 6 heterocycles. The zero-order valence-corrected chi connectivity index (χ0v) is 42.5. The number of halogens is 6. The smallest absolute Gasteiger partial charge is 0.417 e. The Morgan fingerprint density at radius 2 is 1.57 bits per heavy atom. The Kier molecular flexibility index (Phi) is 13.7. The molecule has 0 unspecified atom stereocenters. The van der Waals surface area contributed by atoms with Crippen LogP contribution in [0.15, 0.2) is 54.6 Å². The minimum Gasteiger partial charge on any atom is -0.497 e. The lowest BCUT2D eigenvalue weighted by atomic mass is 9.95. The van der Waals surface area contributed by atoms with E-state index in [4.69, 9.17) is 33.4 Å². The van der Waals surface area contributed by atoms with Crippen molar-refractivity contribution < 1.29 is 59.6 Å². The third-order valence-electron chi connectivity index (χ3n) is 14.9. The summed E-state index contributed by atoms with van der Waals surface area (Å²) in [5.41, 5.74) is -4.11. The summed E-state index contributed by atoms with van der Waals surface area (Å²) in [4.78, 5) is 35.5. The molecule has 4 aliphatic heterocycles. The van der Waals surface area contributed by atoms with Crippen molar-refractivity contribution in [3.8, 4) is 34.6 Å². The number of anilines is 2. The molecule has 0 spiro atoms. The Labute approximate surface area is 425 Å². The molecular formula is C54H61F6N7O7. The number of amides is 1. The quantitative estimate of drug-likeness (QED) is 0.0982. The summed E-state index contributed by atoms with van der Waals surface area (Å²) in [6.45, 7) is 9.95. The van der Waals surface area contributed by atoms with Gasteiger partial charge in [0.15, 0.2) is 5.82 Å². The van der Waals surface area contributed by atoms with Gasteiger partial charge in [-0.3, -0.25) is 9.80 Å². The Morgan fingerprint density at radius 3 is 2.16 bits per heavy atom. The van der Waals surface area contributed by atoms with Crippen molar-refractivity contribution >= 4 is 28.5 Å². The van der Waals surface area contributed by atoms with E-state index in [-0.39, 0.29) is 66.5 Å². The Bertz CT molecular complexity index is 2850. The predicted molar refractivity (Wildman–Crippen MR) is 264 cm³/mol. The molecular weight excluding hydrogens is 973 g/mol. The first-order chi connectivity index (χ1) is 35.3. The summed E-state index contributed by atoms with van der Waals surface area (Å²) in [7, 11) is 3.04. The molecule has 74 heavy (non-hydrogen) atoms. The van der Waals surface area contributed by atoms with Gasteiger partial charge in [0.05, 0.1) is 62.9 Å². The van der Waals surface area contributed by atoms with Crippen LogP contribution in [0, 0.1) is 24.0 Å². The molecule has 3 aromatic carbocycles. The van der Waals surface area contributed by atoms with Crippen LogP contribution in [0.4, 0.5) is 42.6 Å². The van der Waals surface area contributed by atoms with Crippen molar-refractivity contribution in [2.75, 3.05) is 70.1 Å². The average Bonchev–Trinajstić information content (AvgIpc) is 4.08. The van der Waals surface area contributed by atoms with Gasteiger partial charge < -0.3 is 38.2 Å². The number of alkyl halides is 4. The number of aromatic nitrogens is 3. The highest BCUT2D eigenvalue weighted by Gasteiger charge is 2.54. The number of fused-ring (bicyclic) bond motifs is 5. The van der Waals surface area contributed by atoms with Crippen molar-refractivity contribution in [2.45, 2.75) is 116 Å². The molecule has 5 atom stereocenters. The zero-order valence-electron chi connectivity index (χ0n) is 42.5. The van der Waals surface area contributed by atoms with Gasteiger partial charge in [-0.05, 0) is 107 Å². The average molecular weight is 1030 g/mol. The van der Waals surface area contributed by atoms with Crippen molar-refractivity contribution in [3.05, 3.63) is 88.5 Å². The largest absolute Gasteiger partial charge is 0.497 e. The van der Waals surface area contributed by atoms with E-state index in [1.807, 2.05) is 4.90 Å². The lowest BCUT2D eigenvalue weighted by Gasteiger charge is -2.48. The standard InChI is InChI=1S/C54H61F6N7O7/c1-30-42(54(58,59)60)38(22-40(43(30)56)65(24-32-8-13-35(69-6)14-9-32)25-33-10-15-36(70-7)16-11-33)45-44(57)46-41-48(63-50(62-46)72-29-53(18-19-53)28-64-20-21-71-37(23-55)27-64)66-26-34-12-17-39(47(66)31(2)73-49(41)61-45)67(34)51(68)74-52(3,4)5/h8-11,13-16,22,31,34,37,39,47H,12,17-21,23-29H2,1-7H3/t31-,34+,37+,39-,47+/m0/s1. The van der Waals surface area contributed by atoms with E-state index in [2.05, 4.69) is 14.9 Å². The summed E-state index contributed by atoms with van der Waals surface area (Å²) in [5.74, 6) is -1.29. The van der Waals surface area contributed by atoms with Crippen LogP contribution in [0.5, 0.6) is 23.4 Å². The molecule has 2 aromatic heterocycles. The normalized spacial score (nSPS) is 22.2. The molecule has 1 saturated carbocycles. The lowest BCUT2D eigenvalue weighted by Crippen LogP contribution is -2.65. The maximum Gasteiger partial charge on any atom is 0.417 e. The van der Waals surface area contributed by atoms with Gasteiger partial charge in [-0.15, -0.1) is 0 Å². The predicted octanol–water partition coefficient (Wildman–Crippen LogP) is 10.1. The fourth-order valence-corrected chi connectivity index (χ4v) is 11.2. The fraction of sp³-hybridized carbons (Fsp3) is 0.519. The van der Waals surface area contributed by atoms with Gasteiger partial charge in [0.25, 0.3) is 0 Å². The minimum absolute atomic E-state index is 0.0121. The number of carbonyl (C=O) groups excluding carboxylic acids is 1. The molecule has 1 aliphatic carbocycles. The van der Waals surface area contributed by atoms with Crippen molar-refractivity contribution in [3.63, 3.8) is 0 Å². The van der Waals surface area contributed by atoms with Gasteiger partial charge >= 0.3 is 18.3 Å². The van der Waals surface area contributed by atoms with Crippen LogP contribution in [0.3, 0.4) is 0 Å². The topological polar surface area (TPSA) is 124 Å². The fourth-order valence-electron chi connectivity index (χ4n) is 11.2. The second-order valence-electron chi connectivity index (χ2n) is 21.3. The molecule has 0 radical (unpaired) electrons. The van der Waals surface area contributed by atoms with Crippen LogP contribution in [0.1, 0.15) is 75.6 Å². The summed E-state index contributed by atoms with van der Waals surface area (Å²) in [5, 5.41) is 0.0121. The SMILES string of the molecule is COc1ccc(CN(Cc2ccc(OC)cc2)c2cc(-c3nc4c5c(nc(OCC6(CN7CCO[C@H](CF)C7)CC6)nc5c3F)N3C[C@H]5CC[C@@H]([C@H]3[C@H](C)O4)N5C(=O)OC(C)(C)C)c(C(F)(F)F)c(C)c2F)cc1. The number of rotatable bonds is 14. The van der Waals surface area contributed by atoms with E-state index in [9.17, 15) is 9.18 Å². The first kappa shape index (κ1) is 51.2. The van der Waals surface area contributed by atoms with Gasteiger partial charge in [0.1, 0.15) is 58.1 Å². The van der Waals surface area contributed by atoms with Gasteiger partial charge in [0, 0.05) is 50.2 Å². The van der Waals surface area contributed by atoms with Crippen molar-refractivity contribution in [1.29, 1.82) is 0 Å². The molecule has 14 nitrogen and oxygen atoms in total. The molecule has 5 aliphatic rings. The van der Waals surface area contributed by atoms with Gasteiger partial charge in [-0.25, -0.2) is 22.9 Å². The third-order valence-corrected chi connectivity index (χ3v) is 14.9. The highest BCUT2D eigenvalue weighted by Crippen LogP contribution is 2.51. The van der Waals surface area contributed by atoms with E-state index in [0.29, 0.717) is 61.7 Å². The lowest BCUT2D eigenvalue weighted by molar-refractivity contribution is -0.137. The minimum atomic E-state index is -5.19. The number of hydrogen-bond donors (Lipinski definition) is 0. The molecule has 3 saturated heterocycles. The van der Waals surface area contributed by atoms with Crippen LogP contribution in [0.25, 0.3) is 22.2 Å². The number of morpholine rings is 1. The Morgan fingerprint density at radius 1 is 0.905 bits per heavy atom.